The highest BCUT2D eigenvalue weighted by molar-refractivity contribution is 5.93. The third-order valence-corrected chi connectivity index (χ3v) is 2.69. The Labute approximate surface area is 110 Å². The van der Waals surface area contributed by atoms with Gasteiger partial charge in [0.1, 0.15) is 6.54 Å². The van der Waals surface area contributed by atoms with Crippen LogP contribution in [0.3, 0.4) is 0 Å². The van der Waals surface area contributed by atoms with Crippen molar-refractivity contribution in [3.05, 3.63) is 58.5 Å². The maximum absolute atomic E-state index is 11.8. The first-order valence-corrected chi connectivity index (χ1v) is 5.88. The van der Waals surface area contributed by atoms with Crippen molar-refractivity contribution in [3.8, 4) is 0 Å². The van der Waals surface area contributed by atoms with Crippen molar-refractivity contribution in [1.29, 1.82) is 0 Å². The van der Waals surface area contributed by atoms with Crippen LogP contribution >= 0.6 is 0 Å². The predicted octanol–water partition coefficient (Wildman–Crippen LogP) is 1.38. The predicted molar refractivity (Wildman–Crippen MR) is 74.9 cm³/mol. The molecule has 19 heavy (non-hydrogen) atoms. The van der Waals surface area contributed by atoms with E-state index < -0.39 is 0 Å². The van der Waals surface area contributed by atoms with Gasteiger partial charge in [0, 0.05) is 12.3 Å². The number of benzene rings is 1. The van der Waals surface area contributed by atoms with Gasteiger partial charge >= 0.3 is 0 Å². The number of pyridine rings is 1. The minimum atomic E-state index is -0.288. The van der Waals surface area contributed by atoms with Crippen molar-refractivity contribution < 1.29 is 4.79 Å². The molecule has 98 valence electrons. The Hall–Kier alpha value is -2.56. The molecule has 2 aromatic rings. The maximum Gasteiger partial charge on any atom is 0.250 e. The third-order valence-electron chi connectivity index (χ3n) is 2.69. The van der Waals surface area contributed by atoms with E-state index in [2.05, 4.69) is 5.32 Å². The molecule has 1 aromatic carbocycles. The number of carbonyl (C=O) groups excluding carboxylic acids is 1. The lowest BCUT2D eigenvalue weighted by Crippen LogP contribution is -2.26. The maximum atomic E-state index is 11.8. The van der Waals surface area contributed by atoms with E-state index in [9.17, 15) is 9.59 Å². The Kier molecular flexibility index (Phi) is 3.66. The number of amides is 1. The quantitative estimate of drug-likeness (QED) is 0.815. The van der Waals surface area contributed by atoms with Crippen LogP contribution in [0.1, 0.15) is 5.56 Å². The largest absolute Gasteiger partial charge is 0.397 e. The van der Waals surface area contributed by atoms with Crippen LogP contribution in [0.25, 0.3) is 0 Å². The van der Waals surface area contributed by atoms with Gasteiger partial charge in [-0.05, 0) is 30.7 Å². The molecule has 3 N–H and O–H groups in total. The fourth-order valence-corrected chi connectivity index (χ4v) is 1.73. The van der Waals surface area contributed by atoms with Gasteiger partial charge in [-0.3, -0.25) is 9.59 Å². The van der Waals surface area contributed by atoms with Gasteiger partial charge in [0.05, 0.1) is 11.4 Å². The fraction of sp³-hybridized carbons (Fsp3) is 0.143. The van der Waals surface area contributed by atoms with Crippen molar-refractivity contribution in [3.63, 3.8) is 0 Å². The third kappa shape index (κ3) is 3.22. The summed E-state index contributed by atoms with van der Waals surface area (Å²) in [6.45, 7) is 1.89. The topological polar surface area (TPSA) is 77.1 Å². The second kappa shape index (κ2) is 5.39. The molecule has 5 nitrogen and oxygen atoms in total. The lowest BCUT2D eigenvalue weighted by molar-refractivity contribution is -0.116. The number of aryl methyl sites for hydroxylation is 1. The van der Waals surface area contributed by atoms with Crippen LogP contribution in [0.5, 0.6) is 0 Å². The van der Waals surface area contributed by atoms with Crippen LogP contribution in [0.15, 0.2) is 47.4 Å². The van der Waals surface area contributed by atoms with Crippen molar-refractivity contribution in [1.82, 2.24) is 4.57 Å². The monoisotopic (exact) mass is 257 g/mol. The summed E-state index contributed by atoms with van der Waals surface area (Å²) in [7, 11) is 0. The zero-order valence-electron chi connectivity index (χ0n) is 10.6. The Bertz CT molecular complexity index is 662. The van der Waals surface area contributed by atoms with E-state index in [0.29, 0.717) is 11.4 Å². The van der Waals surface area contributed by atoms with Crippen molar-refractivity contribution >= 4 is 17.3 Å². The van der Waals surface area contributed by atoms with Crippen LogP contribution < -0.4 is 16.6 Å². The molecule has 0 aliphatic carbocycles. The molecule has 0 radical (unpaired) electrons. The summed E-state index contributed by atoms with van der Waals surface area (Å²) in [5.41, 5.74) is 7.68. The second-order valence-corrected chi connectivity index (χ2v) is 4.31. The molecule has 5 heteroatoms. The molecule has 0 bridgehead atoms. The average molecular weight is 257 g/mol. The molecular weight excluding hydrogens is 242 g/mol. The molecule has 2 rings (SSSR count). The summed E-state index contributed by atoms with van der Waals surface area (Å²) in [6.07, 6.45) is 1.57. The molecule has 1 aromatic heterocycles. The van der Waals surface area contributed by atoms with Gasteiger partial charge in [-0.2, -0.15) is 0 Å². The van der Waals surface area contributed by atoms with Crippen molar-refractivity contribution in [2.45, 2.75) is 13.5 Å². The van der Waals surface area contributed by atoms with Crippen molar-refractivity contribution in [2.75, 3.05) is 11.1 Å². The van der Waals surface area contributed by atoms with E-state index in [1.807, 2.05) is 13.0 Å². The lowest BCUT2D eigenvalue weighted by Gasteiger charge is -2.09. The number of carbonyl (C=O) groups is 1. The summed E-state index contributed by atoms with van der Waals surface area (Å²) in [5, 5.41) is 2.69. The Balaban J connectivity index is 2.10. The van der Waals surface area contributed by atoms with Crippen molar-refractivity contribution in [2.24, 2.45) is 0 Å². The SMILES string of the molecule is Cc1ccc(NC(=O)Cn2ccccc2=O)c(N)c1. The Morgan fingerprint density at radius 1 is 1.32 bits per heavy atom. The molecule has 0 atom stereocenters. The van der Waals surface area contributed by atoms with E-state index >= 15 is 0 Å². The number of aromatic nitrogens is 1. The number of nitrogens with zero attached hydrogens (tertiary/aromatic N) is 1. The average Bonchev–Trinajstić information content (AvgIpc) is 2.36. The zero-order valence-corrected chi connectivity index (χ0v) is 10.6. The number of nitrogens with one attached hydrogen (secondary N) is 1. The fourth-order valence-electron chi connectivity index (χ4n) is 1.73. The van der Waals surface area contributed by atoms with Crippen LogP contribution in [0.2, 0.25) is 0 Å². The highest BCUT2D eigenvalue weighted by atomic mass is 16.2. The highest BCUT2D eigenvalue weighted by Gasteiger charge is 2.06. The summed E-state index contributed by atoms with van der Waals surface area (Å²) < 4.78 is 1.33. The van der Waals surface area contributed by atoms with Crippen LogP contribution in [-0.4, -0.2) is 10.5 Å². The summed E-state index contributed by atoms with van der Waals surface area (Å²) in [4.78, 5) is 23.3. The zero-order chi connectivity index (χ0) is 13.8. The summed E-state index contributed by atoms with van der Waals surface area (Å²) in [6, 6.07) is 10.1. The van der Waals surface area contributed by atoms with E-state index in [-0.39, 0.29) is 18.0 Å². The highest BCUT2D eigenvalue weighted by Crippen LogP contribution is 2.19. The standard InChI is InChI=1S/C14H15N3O2/c1-10-5-6-12(11(15)8-10)16-13(18)9-17-7-3-2-4-14(17)19/h2-8H,9,15H2,1H3,(H,16,18). The second-order valence-electron chi connectivity index (χ2n) is 4.31. The van der Waals surface area contributed by atoms with Gasteiger partial charge in [0.15, 0.2) is 0 Å². The molecule has 1 heterocycles. The summed E-state index contributed by atoms with van der Waals surface area (Å²) in [5.74, 6) is -0.288. The van der Waals surface area contributed by atoms with Gasteiger partial charge in [0.2, 0.25) is 5.91 Å². The molecule has 0 aliphatic heterocycles. The summed E-state index contributed by atoms with van der Waals surface area (Å²) >= 11 is 0. The minimum Gasteiger partial charge on any atom is -0.397 e. The van der Waals surface area contributed by atoms with E-state index in [0.717, 1.165) is 5.56 Å². The molecule has 0 unspecified atom stereocenters. The van der Waals surface area contributed by atoms with Crippen LogP contribution in [0, 0.1) is 6.92 Å². The van der Waals surface area contributed by atoms with Gasteiger partial charge < -0.3 is 15.6 Å². The first-order valence-electron chi connectivity index (χ1n) is 5.88. The smallest absolute Gasteiger partial charge is 0.250 e. The number of nitrogens with two attached hydrogens (primary N) is 1. The molecule has 1 amide bonds. The molecule has 0 saturated heterocycles. The lowest BCUT2D eigenvalue weighted by atomic mass is 10.2. The number of hydrogen-bond donors (Lipinski definition) is 2. The van der Waals surface area contributed by atoms with E-state index in [1.165, 1.54) is 10.6 Å². The molecule has 0 saturated carbocycles. The molecule has 0 spiro atoms. The first kappa shape index (κ1) is 12.9. The number of nitrogen functional groups attached to an aromatic ring is 1. The van der Waals surface area contributed by atoms with Gasteiger partial charge in [-0.15, -0.1) is 0 Å². The van der Waals surface area contributed by atoms with Gasteiger partial charge in [0.25, 0.3) is 5.56 Å². The van der Waals surface area contributed by atoms with Crippen LogP contribution in [-0.2, 0) is 11.3 Å². The Morgan fingerprint density at radius 3 is 2.79 bits per heavy atom. The Morgan fingerprint density at radius 2 is 2.11 bits per heavy atom. The number of hydrogen-bond acceptors (Lipinski definition) is 3. The first-order chi connectivity index (χ1) is 9.06. The minimum absolute atomic E-state index is 0.0347. The van der Waals surface area contributed by atoms with Gasteiger partial charge in [-0.1, -0.05) is 12.1 Å². The number of rotatable bonds is 3. The van der Waals surface area contributed by atoms with Crippen LogP contribution in [0.4, 0.5) is 11.4 Å². The normalized spacial score (nSPS) is 10.2. The molecule has 0 aliphatic rings. The van der Waals surface area contributed by atoms with Gasteiger partial charge in [-0.25, -0.2) is 0 Å². The number of anilines is 2. The van der Waals surface area contributed by atoms with E-state index in [4.69, 9.17) is 5.73 Å². The molecular formula is C14H15N3O2. The molecule has 0 fully saturated rings. The van der Waals surface area contributed by atoms with E-state index in [1.54, 1.807) is 30.5 Å².